The highest BCUT2D eigenvalue weighted by molar-refractivity contribution is 5.83. The van der Waals surface area contributed by atoms with Gasteiger partial charge in [-0.25, -0.2) is 0 Å². The van der Waals surface area contributed by atoms with E-state index in [9.17, 15) is 4.79 Å². The van der Waals surface area contributed by atoms with E-state index < -0.39 is 0 Å². The fourth-order valence-electron chi connectivity index (χ4n) is 1.99. The molecule has 2 heterocycles. The van der Waals surface area contributed by atoms with Gasteiger partial charge in [-0.05, 0) is 25.5 Å². The summed E-state index contributed by atoms with van der Waals surface area (Å²) >= 11 is 0. The molecule has 82 valence electrons. The third-order valence-corrected chi connectivity index (χ3v) is 2.89. The van der Waals surface area contributed by atoms with Gasteiger partial charge in [0.25, 0.3) is 0 Å². The Labute approximate surface area is 89.0 Å². The largest absolute Gasteiger partial charge is 0.469 e. The molecule has 2 unspecified atom stereocenters. The maximum atomic E-state index is 11.6. The molecule has 15 heavy (non-hydrogen) atoms. The molecule has 1 amide bonds. The Morgan fingerprint density at radius 1 is 1.73 bits per heavy atom. The molecule has 0 radical (unpaired) electrons. The maximum absolute atomic E-state index is 11.6. The number of amides is 1. The molecule has 0 bridgehead atoms. The Bertz CT molecular complexity index is 334. The Hall–Kier alpha value is -1.29. The molecule has 1 aliphatic heterocycles. The van der Waals surface area contributed by atoms with Crippen LogP contribution in [0, 0.1) is 0 Å². The van der Waals surface area contributed by atoms with Crippen LogP contribution in [-0.2, 0) is 11.2 Å². The highest BCUT2D eigenvalue weighted by atomic mass is 16.3. The van der Waals surface area contributed by atoms with Crippen LogP contribution in [0.15, 0.2) is 22.8 Å². The highest BCUT2D eigenvalue weighted by Crippen LogP contribution is 2.16. The van der Waals surface area contributed by atoms with Crippen LogP contribution in [0.25, 0.3) is 0 Å². The Balaban J connectivity index is 1.97. The summed E-state index contributed by atoms with van der Waals surface area (Å²) in [7, 11) is 0. The minimum absolute atomic E-state index is 0.0639. The van der Waals surface area contributed by atoms with Gasteiger partial charge in [-0.2, -0.15) is 0 Å². The van der Waals surface area contributed by atoms with Crippen molar-refractivity contribution in [3.05, 3.63) is 24.2 Å². The number of likely N-dealkylation sites (tertiary alicyclic amines) is 1. The summed E-state index contributed by atoms with van der Waals surface area (Å²) in [4.78, 5) is 13.5. The van der Waals surface area contributed by atoms with Crippen LogP contribution in [0.4, 0.5) is 0 Å². The van der Waals surface area contributed by atoms with Gasteiger partial charge in [0.15, 0.2) is 0 Å². The summed E-state index contributed by atoms with van der Waals surface area (Å²) in [5.41, 5.74) is 5.67. The zero-order valence-electron chi connectivity index (χ0n) is 8.85. The monoisotopic (exact) mass is 208 g/mol. The van der Waals surface area contributed by atoms with Gasteiger partial charge < -0.3 is 15.1 Å². The topological polar surface area (TPSA) is 59.5 Å². The fraction of sp³-hybridized carbons (Fsp3) is 0.545. The van der Waals surface area contributed by atoms with Crippen molar-refractivity contribution in [2.75, 3.05) is 6.54 Å². The van der Waals surface area contributed by atoms with E-state index in [1.54, 1.807) is 6.26 Å². The second-order valence-electron chi connectivity index (χ2n) is 4.06. The zero-order chi connectivity index (χ0) is 10.8. The van der Waals surface area contributed by atoms with Gasteiger partial charge in [-0.3, -0.25) is 4.79 Å². The third kappa shape index (κ3) is 2.04. The second-order valence-corrected chi connectivity index (χ2v) is 4.06. The van der Waals surface area contributed by atoms with Crippen molar-refractivity contribution >= 4 is 5.91 Å². The standard InChI is InChI=1S/C11H16N2O2/c1-8(7-9-3-2-6-15-9)13-5-4-10(12)11(13)14/h2-3,6,8,10H,4-5,7,12H2,1H3. The molecule has 0 spiro atoms. The Morgan fingerprint density at radius 2 is 2.53 bits per heavy atom. The molecule has 4 heteroatoms. The van der Waals surface area contributed by atoms with Gasteiger partial charge in [-0.1, -0.05) is 0 Å². The molecule has 1 aromatic rings. The molecule has 1 aliphatic rings. The SMILES string of the molecule is CC(Cc1ccco1)N1CCC(N)C1=O. The van der Waals surface area contributed by atoms with Crippen LogP contribution in [0.3, 0.4) is 0 Å². The highest BCUT2D eigenvalue weighted by Gasteiger charge is 2.31. The molecule has 2 atom stereocenters. The molecule has 0 saturated carbocycles. The molecule has 0 aliphatic carbocycles. The number of furan rings is 1. The molecule has 1 aromatic heterocycles. The third-order valence-electron chi connectivity index (χ3n) is 2.89. The molecular weight excluding hydrogens is 192 g/mol. The fourth-order valence-corrected chi connectivity index (χ4v) is 1.99. The number of nitrogens with two attached hydrogens (primary N) is 1. The van der Waals surface area contributed by atoms with Crippen LogP contribution in [0.5, 0.6) is 0 Å². The summed E-state index contributed by atoms with van der Waals surface area (Å²) in [5, 5.41) is 0. The molecule has 2 rings (SSSR count). The first-order valence-corrected chi connectivity index (χ1v) is 5.27. The van der Waals surface area contributed by atoms with E-state index in [1.165, 1.54) is 0 Å². The molecule has 2 N–H and O–H groups in total. The average Bonchev–Trinajstić information content (AvgIpc) is 2.79. The number of carbonyl (C=O) groups is 1. The van der Waals surface area contributed by atoms with Crippen LogP contribution in [0.1, 0.15) is 19.1 Å². The van der Waals surface area contributed by atoms with Crippen molar-refractivity contribution in [2.24, 2.45) is 5.73 Å². The molecule has 0 aromatic carbocycles. The first kappa shape index (κ1) is 10.2. The smallest absolute Gasteiger partial charge is 0.239 e. The minimum Gasteiger partial charge on any atom is -0.469 e. The average molecular weight is 208 g/mol. The van der Waals surface area contributed by atoms with Crippen LogP contribution in [-0.4, -0.2) is 29.4 Å². The summed E-state index contributed by atoms with van der Waals surface area (Å²) in [5.74, 6) is 0.977. The van der Waals surface area contributed by atoms with Gasteiger partial charge in [0, 0.05) is 19.0 Å². The van der Waals surface area contributed by atoms with Gasteiger partial charge in [0.2, 0.25) is 5.91 Å². The summed E-state index contributed by atoms with van der Waals surface area (Å²) < 4.78 is 5.26. The van der Waals surface area contributed by atoms with Crippen molar-refractivity contribution < 1.29 is 9.21 Å². The van der Waals surface area contributed by atoms with Crippen molar-refractivity contribution in [1.82, 2.24) is 4.90 Å². The molecular formula is C11H16N2O2. The van der Waals surface area contributed by atoms with Crippen LogP contribution in [0.2, 0.25) is 0 Å². The quantitative estimate of drug-likeness (QED) is 0.798. The lowest BCUT2D eigenvalue weighted by Crippen LogP contribution is -2.40. The van der Waals surface area contributed by atoms with Gasteiger partial charge in [0.1, 0.15) is 5.76 Å². The van der Waals surface area contributed by atoms with Crippen molar-refractivity contribution in [1.29, 1.82) is 0 Å². The van der Waals surface area contributed by atoms with Gasteiger partial charge >= 0.3 is 0 Å². The molecule has 1 saturated heterocycles. The number of nitrogens with zero attached hydrogens (tertiary/aromatic N) is 1. The predicted molar refractivity (Wildman–Crippen MR) is 56.2 cm³/mol. The number of hydrogen-bond acceptors (Lipinski definition) is 3. The normalized spacial score (nSPS) is 23.5. The van der Waals surface area contributed by atoms with Crippen molar-refractivity contribution in [2.45, 2.75) is 31.8 Å². The first-order valence-electron chi connectivity index (χ1n) is 5.27. The number of rotatable bonds is 3. The Kier molecular flexibility index (Phi) is 2.77. The lowest BCUT2D eigenvalue weighted by molar-refractivity contribution is -0.130. The van der Waals surface area contributed by atoms with Gasteiger partial charge in [0.05, 0.1) is 12.3 Å². The van der Waals surface area contributed by atoms with Crippen LogP contribution < -0.4 is 5.73 Å². The molecule has 1 fully saturated rings. The summed E-state index contributed by atoms with van der Waals surface area (Å²) in [6, 6.07) is 3.65. The van der Waals surface area contributed by atoms with Gasteiger partial charge in [-0.15, -0.1) is 0 Å². The second kappa shape index (κ2) is 4.06. The van der Waals surface area contributed by atoms with E-state index in [4.69, 9.17) is 10.2 Å². The van der Waals surface area contributed by atoms with E-state index in [1.807, 2.05) is 24.0 Å². The summed E-state index contributed by atoms with van der Waals surface area (Å²) in [6.45, 7) is 2.79. The van der Waals surface area contributed by atoms with E-state index >= 15 is 0 Å². The zero-order valence-corrected chi connectivity index (χ0v) is 8.85. The van der Waals surface area contributed by atoms with Crippen LogP contribution >= 0.6 is 0 Å². The van der Waals surface area contributed by atoms with Crippen molar-refractivity contribution in [3.63, 3.8) is 0 Å². The lowest BCUT2D eigenvalue weighted by Gasteiger charge is -2.23. The van der Waals surface area contributed by atoms with E-state index in [0.29, 0.717) is 0 Å². The maximum Gasteiger partial charge on any atom is 0.239 e. The van der Waals surface area contributed by atoms with E-state index in [0.717, 1.165) is 25.1 Å². The summed E-state index contributed by atoms with van der Waals surface area (Å²) in [6.07, 6.45) is 3.17. The number of hydrogen-bond donors (Lipinski definition) is 1. The minimum atomic E-state index is -0.302. The Morgan fingerprint density at radius 3 is 3.07 bits per heavy atom. The number of carbonyl (C=O) groups excluding carboxylic acids is 1. The molecule has 4 nitrogen and oxygen atoms in total. The van der Waals surface area contributed by atoms with E-state index in [2.05, 4.69) is 0 Å². The first-order chi connectivity index (χ1) is 7.18. The lowest BCUT2D eigenvalue weighted by atomic mass is 10.2. The van der Waals surface area contributed by atoms with Crippen molar-refractivity contribution in [3.8, 4) is 0 Å². The van der Waals surface area contributed by atoms with E-state index in [-0.39, 0.29) is 18.0 Å². The predicted octanol–water partition coefficient (Wildman–Crippen LogP) is 0.770.